The maximum Gasteiger partial charge on any atom is 0.175 e. The zero-order valence-electron chi connectivity index (χ0n) is 4.65. The van der Waals surface area contributed by atoms with E-state index in [1.54, 1.807) is 12.2 Å². The lowest BCUT2D eigenvalue weighted by Gasteiger charge is -1.93. The van der Waals surface area contributed by atoms with E-state index < -0.39 is 9.84 Å². The third-order valence-corrected chi connectivity index (χ3v) is 2.09. The molecule has 2 nitrogen and oxygen atoms in total. The summed E-state index contributed by atoms with van der Waals surface area (Å²) >= 11 is 0. The standard InChI is InChI=1S/C5H6O2S.ClH/c6-8(7)4-2-1-3-5-8;/h1-4H,5H2;1H. The van der Waals surface area contributed by atoms with Gasteiger partial charge in [0, 0.05) is 5.41 Å². The third kappa shape index (κ3) is 2.67. The first-order valence-electron chi connectivity index (χ1n) is 2.27. The number of hydrogen-bond acceptors (Lipinski definition) is 2. The summed E-state index contributed by atoms with van der Waals surface area (Å²) in [6, 6.07) is 0. The first kappa shape index (κ1) is 8.72. The molecule has 0 bridgehead atoms. The van der Waals surface area contributed by atoms with Crippen LogP contribution in [0.4, 0.5) is 0 Å². The Hall–Kier alpha value is -0.280. The second-order valence-electron chi connectivity index (χ2n) is 1.59. The maximum atomic E-state index is 10.5. The molecule has 0 radical (unpaired) electrons. The Bertz CT molecular complexity index is 225. The fraction of sp³-hybridized carbons (Fsp3) is 0.200. The SMILES string of the molecule is Cl.O=S1(=O)C=CC=CC1. The van der Waals surface area contributed by atoms with Gasteiger partial charge in [0.05, 0.1) is 5.75 Å². The third-order valence-electron chi connectivity index (χ3n) is 0.862. The molecule has 0 atom stereocenters. The van der Waals surface area contributed by atoms with E-state index in [1.807, 2.05) is 0 Å². The topological polar surface area (TPSA) is 34.1 Å². The zero-order chi connectivity index (χ0) is 6.04. The summed E-state index contributed by atoms with van der Waals surface area (Å²) in [5.74, 6) is 0.156. The highest BCUT2D eigenvalue weighted by Gasteiger charge is 2.02. The van der Waals surface area contributed by atoms with Gasteiger partial charge in [-0.3, -0.25) is 0 Å². The van der Waals surface area contributed by atoms with Crippen molar-refractivity contribution in [3.8, 4) is 0 Å². The Morgan fingerprint density at radius 1 is 1.22 bits per heavy atom. The predicted molar refractivity (Wildman–Crippen MR) is 39.3 cm³/mol. The van der Waals surface area contributed by atoms with Crippen molar-refractivity contribution in [1.82, 2.24) is 0 Å². The van der Waals surface area contributed by atoms with E-state index in [0.717, 1.165) is 0 Å². The fourth-order valence-electron chi connectivity index (χ4n) is 0.489. The number of hydrogen-bond donors (Lipinski definition) is 0. The molecule has 0 aromatic carbocycles. The van der Waals surface area contributed by atoms with E-state index in [1.165, 1.54) is 11.5 Å². The Balaban J connectivity index is 0.000000640. The van der Waals surface area contributed by atoms with Crippen LogP contribution in [0.25, 0.3) is 0 Å². The minimum absolute atomic E-state index is 0. The van der Waals surface area contributed by atoms with E-state index in [-0.39, 0.29) is 18.2 Å². The van der Waals surface area contributed by atoms with Gasteiger partial charge >= 0.3 is 0 Å². The van der Waals surface area contributed by atoms with Gasteiger partial charge in [0.15, 0.2) is 9.84 Å². The lowest BCUT2D eigenvalue weighted by molar-refractivity contribution is 0.607. The molecular weight excluding hydrogens is 160 g/mol. The number of allylic oxidation sites excluding steroid dienone is 2. The van der Waals surface area contributed by atoms with Crippen LogP contribution in [-0.2, 0) is 9.84 Å². The molecule has 0 aliphatic carbocycles. The van der Waals surface area contributed by atoms with E-state index in [4.69, 9.17) is 0 Å². The molecule has 1 rings (SSSR count). The molecule has 9 heavy (non-hydrogen) atoms. The van der Waals surface area contributed by atoms with Gasteiger partial charge in [-0.15, -0.1) is 12.4 Å². The molecule has 1 aliphatic heterocycles. The Morgan fingerprint density at radius 3 is 2.11 bits per heavy atom. The quantitative estimate of drug-likeness (QED) is 0.536. The molecule has 0 spiro atoms. The molecule has 0 aromatic heterocycles. The zero-order valence-corrected chi connectivity index (χ0v) is 6.28. The summed E-state index contributed by atoms with van der Waals surface area (Å²) in [6.07, 6.45) is 4.87. The normalized spacial score (nSPS) is 20.9. The molecule has 0 fully saturated rings. The molecule has 1 heterocycles. The van der Waals surface area contributed by atoms with Gasteiger partial charge in [-0.2, -0.15) is 0 Å². The van der Waals surface area contributed by atoms with Crippen LogP contribution in [0.1, 0.15) is 0 Å². The van der Waals surface area contributed by atoms with Crippen LogP contribution >= 0.6 is 12.4 Å². The van der Waals surface area contributed by atoms with Crippen molar-refractivity contribution in [3.05, 3.63) is 23.6 Å². The van der Waals surface area contributed by atoms with Crippen LogP contribution in [0.5, 0.6) is 0 Å². The highest BCUT2D eigenvalue weighted by molar-refractivity contribution is 7.94. The molecule has 4 heteroatoms. The van der Waals surface area contributed by atoms with Gasteiger partial charge in [0.1, 0.15) is 0 Å². The highest BCUT2D eigenvalue weighted by atomic mass is 35.5. The van der Waals surface area contributed by atoms with Gasteiger partial charge in [0.2, 0.25) is 0 Å². The number of halogens is 1. The van der Waals surface area contributed by atoms with Gasteiger partial charge in [-0.25, -0.2) is 8.42 Å². The largest absolute Gasteiger partial charge is 0.224 e. The van der Waals surface area contributed by atoms with Gasteiger partial charge < -0.3 is 0 Å². The van der Waals surface area contributed by atoms with Crippen LogP contribution in [0.2, 0.25) is 0 Å². The van der Waals surface area contributed by atoms with Gasteiger partial charge in [-0.05, 0) is 0 Å². The smallest absolute Gasteiger partial charge is 0.175 e. The number of sulfone groups is 1. The summed E-state index contributed by atoms with van der Waals surface area (Å²) in [7, 11) is -2.85. The minimum Gasteiger partial charge on any atom is -0.224 e. The second kappa shape index (κ2) is 3.03. The minimum atomic E-state index is -2.85. The lowest BCUT2D eigenvalue weighted by atomic mass is 10.5. The molecule has 0 N–H and O–H groups in total. The molecule has 52 valence electrons. The molecule has 0 unspecified atom stereocenters. The molecule has 1 aliphatic rings. The van der Waals surface area contributed by atoms with E-state index in [0.29, 0.717) is 0 Å². The van der Waals surface area contributed by atoms with Crippen LogP contribution in [0, 0.1) is 0 Å². The van der Waals surface area contributed by atoms with E-state index >= 15 is 0 Å². The van der Waals surface area contributed by atoms with Crippen molar-refractivity contribution in [2.75, 3.05) is 5.75 Å². The first-order chi connectivity index (χ1) is 3.71. The lowest BCUT2D eigenvalue weighted by Crippen LogP contribution is -2.00. The average molecular weight is 167 g/mol. The molecule has 0 saturated carbocycles. The molecular formula is C5H7ClO2S. The molecule has 0 amide bonds. The van der Waals surface area contributed by atoms with E-state index in [9.17, 15) is 8.42 Å². The van der Waals surface area contributed by atoms with Crippen molar-refractivity contribution in [2.45, 2.75) is 0 Å². The van der Waals surface area contributed by atoms with Crippen LogP contribution < -0.4 is 0 Å². The van der Waals surface area contributed by atoms with Crippen molar-refractivity contribution < 1.29 is 8.42 Å². The van der Waals surface area contributed by atoms with E-state index in [2.05, 4.69) is 0 Å². The Morgan fingerprint density at radius 2 is 1.89 bits per heavy atom. The monoisotopic (exact) mass is 166 g/mol. The van der Waals surface area contributed by atoms with Crippen molar-refractivity contribution in [3.63, 3.8) is 0 Å². The summed E-state index contributed by atoms with van der Waals surface area (Å²) in [6.45, 7) is 0. The summed E-state index contributed by atoms with van der Waals surface area (Å²) < 4.78 is 21.0. The molecule has 0 saturated heterocycles. The number of rotatable bonds is 0. The van der Waals surface area contributed by atoms with Gasteiger partial charge in [-0.1, -0.05) is 18.2 Å². The summed E-state index contributed by atoms with van der Waals surface area (Å²) in [5.41, 5.74) is 0. The second-order valence-corrected chi connectivity index (χ2v) is 3.52. The highest BCUT2D eigenvalue weighted by Crippen LogP contribution is 1.98. The molecule has 0 aromatic rings. The summed E-state index contributed by atoms with van der Waals surface area (Å²) in [4.78, 5) is 0. The average Bonchev–Trinajstić information content (AvgIpc) is 1.65. The van der Waals surface area contributed by atoms with Crippen molar-refractivity contribution in [2.24, 2.45) is 0 Å². The van der Waals surface area contributed by atoms with Crippen LogP contribution in [-0.4, -0.2) is 14.2 Å². The van der Waals surface area contributed by atoms with Crippen LogP contribution in [0.15, 0.2) is 23.6 Å². The van der Waals surface area contributed by atoms with Crippen LogP contribution in [0.3, 0.4) is 0 Å². The van der Waals surface area contributed by atoms with Gasteiger partial charge in [0.25, 0.3) is 0 Å². The fourth-order valence-corrected chi connectivity index (χ4v) is 1.31. The Labute approximate surface area is 60.6 Å². The summed E-state index contributed by atoms with van der Waals surface area (Å²) in [5, 5.41) is 1.22. The maximum absolute atomic E-state index is 10.5. The Kier molecular flexibility index (Phi) is 2.94. The first-order valence-corrected chi connectivity index (χ1v) is 3.98. The predicted octanol–water partition coefficient (Wildman–Crippen LogP) is 0.907. The van der Waals surface area contributed by atoms with Crippen molar-refractivity contribution in [1.29, 1.82) is 0 Å². The van der Waals surface area contributed by atoms with Crippen molar-refractivity contribution >= 4 is 22.2 Å².